The predicted molar refractivity (Wildman–Crippen MR) is 74.8 cm³/mol. The van der Waals surface area contributed by atoms with Crippen LogP contribution in [0.5, 0.6) is 0 Å². The van der Waals surface area contributed by atoms with Crippen molar-refractivity contribution in [3.63, 3.8) is 0 Å². The number of aliphatic hydroxyl groups excluding tert-OH is 1. The van der Waals surface area contributed by atoms with Crippen LogP contribution in [0.25, 0.3) is 0 Å². The molecule has 2 N–H and O–H groups in total. The van der Waals surface area contributed by atoms with Gasteiger partial charge >= 0.3 is 0 Å². The number of amides is 1. The van der Waals surface area contributed by atoms with Crippen molar-refractivity contribution in [3.05, 3.63) is 33.3 Å². The van der Waals surface area contributed by atoms with Crippen molar-refractivity contribution in [2.24, 2.45) is 5.92 Å². The summed E-state index contributed by atoms with van der Waals surface area (Å²) in [4.78, 5) is 12.1. The Morgan fingerprint density at radius 2 is 2.28 bits per heavy atom. The van der Waals surface area contributed by atoms with Crippen molar-refractivity contribution in [2.75, 3.05) is 6.61 Å². The summed E-state index contributed by atoms with van der Waals surface area (Å²) >= 11 is 9.18. The Kier molecular flexibility index (Phi) is 4.65. The summed E-state index contributed by atoms with van der Waals surface area (Å²) in [5.41, 5.74) is 0.572. The highest BCUT2D eigenvalue weighted by molar-refractivity contribution is 9.10. The van der Waals surface area contributed by atoms with Crippen LogP contribution in [0.3, 0.4) is 0 Å². The third kappa shape index (κ3) is 3.05. The number of aliphatic hydroxyl groups is 1. The van der Waals surface area contributed by atoms with Crippen molar-refractivity contribution in [1.29, 1.82) is 0 Å². The molecule has 98 valence electrons. The molecule has 1 aliphatic rings. The lowest BCUT2D eigenvalue weighted by Crippen LogP contribution is -2.38. The largest absolute Gasteiger partial charge is 0.396 e. The zero-order valence-electron chi connectivity index (χ0n) is 9.83. The molecular weight excluding hydrogens is 318 g/mol. The van der Waals surface area contributed by atoms with Crippen LogP contribution in [-0.2, 0) is 0 Å². The minimum atomic E-state index is -0.121. The molecule has 0 aliphatic heterocycles. The third-order valence-electron chi connectivity index (χ3n) is 3.39. The van der Waals surface area contributed by atoms with Crippen LogP contribution in [0.15, 0.2) is 22.7 Å². The van der Waals surface area contributed by atoms with Crippen molar-refractivity contribution in [3.8, 4) is 0 Å². The standard InChI is InChI=1S/C13H15BrClNO2/c14-11-6-9(15)4-5-10(11)13(18)16-12-3-1-2-8(12)7-17/h4-6,8,12,17H,1-3,7H2,(H,16,18). The molecule has 2 unspecified atom stereocenters. The van der Waals surface area contributed by atoms with Gasteiger partial charge in [0.1, 0.15) is 0 Å². The van der Waals surface area contributed by atoms with E-state index in [-0.39, 0.29) is 24.5 Å². The Hall–Kier alpha value is -0.580. The van der Waals surface area contributed by atoms with Crippen molar-refractivity contribution in [1.82, 2.24) is 5.32 Å². The monoisotopic (exact) mass is 331 g/mol. The highest BCUT2D eigenvalue weighted by atomic mass is 79.9. The SMILES string of the molecule is O=C(NC1CCCC1CO)c1ccc(Cl)cc1Br. The fraction of sp³-hybridized carbons (Fsp3) is 0.462. The summed E-state index contributed by atoms with van der Waals surface area (Å²) in [6.45, 7) is 0.132. The van der Waals surface area contributed by atoms with Gasteiger partial charge in [0, 0.05) is 28.1 Å². The summed E-state index contributed by atoms with van der Waals surface area (Å²) in [6.07, 6.45) is 2.96. The molecule has 5 heteroatoms. The first-order chi connectivity index (χ1) is 8.61. The molecule has 1 fully saturated rings. The number of hydrogen-bond donors (Lipinski definition) is 2. The molecule has 1 aliphatic carbocycles. The lowest BCUT2D eigenvalue weighted by molar-refractivity contribution is 0.0915. The van der Waals surface area contributed by atoms with E-state index in [1.165, 1.54) is 0 Å². The van der Waals surface area contributed by atoms with Crippen LogP contribution < -0.4 is 5.32 Å². The second-order valence-electron chi connectivity index (χ2n) is 4.58. The molecule has 2 atom stereocenters. The van der Waals surface area contributed by atoms with E-state index in [2.05, 4.69) is 21.2 Å². The van der Waals surface area contributed by atoms with E-state index in [4.69, 9.17) is 11.6 Å². The molecule has 1 amide bonds. The molecule has 1 aromatic carbocycles. The van der Waals surface area contributed by atoms with Gasteiger partial charge in [-0.25, -0.2) is 0 Å². The molecule has 0 spiro atoms. The Balaban J connectivity index is 2.07. The predicted octanol–water partition coefficient (Wildman–Crippen LogP) is 2.99. The van der Waals surface area contributed by atoms with Crippen LogP contribution >= 0.6 is 27.5 Å². The highest BCUT2D eigenvalue weighted by Crippen LogP contribution is 2.26. The summed E-state index contributed by atoms with van der Waals surface area (Å²) in [5.74, 6) is 0.0592. The zero-order valence-corrected chi connectivity index (χ0v) is 12.2. The molecule has 0 bridgehead atoms. The van der Waals surface area contributed by atoms with E-state index in [1.807, 2.05) is 0 Å². The second-order valence-corrected chi connectivity index (χ2v) is 5.87. The lowest BCUT2D eigenvalue weighted by atomic mass is 10.0. The maximum absolute atomic E-state index is 12.1. The van der Waals surface area contributed by atoms with Gasteiger partial charge in [0.05, 0.1) is 5.56 Å². The van der Waals surface area contributed by atoms with Gasteiger partial charge in [0.2, 0.25) is 0 Å². The molecule has 1 saturated carbocycles. The zero-order chi connectivity index (χ0) is 13.1. The fourth-order valence-electron chi connectivity index (χ4n) is 2.37. The number of carbonyl (C=O) groups excluding carboxylic acids is 1. The van der Waals surface area contributed by atoms with Crippen molar-refractivity contribution >= 4 is 33.4 Å². The van der Waals surface area contributed by atoms with Gasteiger partial charge in [-0.2, -0.15) is 0 Å². The molecule has 3 nitrogen and oxygen atoms in total. The van der Waals surface area contributed by atoms with Gasteiger partial charge in [-0.3, -0.25) is 4.79 Å². The number of halogens is 2. The molecule has 1 aromatic rings. The Morgan fingerprint density at radius 1 is 1.50 bits per heavy atom. The summed E-state index contributed by atoms with van der Waals surface area (Å²) in [5, 5.41) is 12.8. The number of rotatable bonds is 3. The van der Waals surface area contributed by atoms with E-state index >= 15 is 0 Å². The molecule has 18 heavy (non-hydrogen) atoms. The van der Waals surface area contributed by atoms with E-state index in [0.717, 1.165) is 19.3 Å². The van der Waals surface area contributed by atoms with Crippen LogP contribution in [-0.4, -0.2) is 23.7 Å². The van der Waals surface area contributed by atoms with Crippen molar-refractivity contribution < 1.29 is 9.90 Å². The van der Waals surface area contributed by atoms with Gasteiger partial charge < -0.3 is 10.4 Å². The second kappa shape index (κ2) is 6.04. The van der Waals surface area contributed by atoms with Crippen LogP contribution in [0.1, 0.15) is 29.6 Å². The third-order valence-corrected chi connectivity index (χ3v) is 4.28. The van der Waals surface area contributed by atoms with E-state index < -0.39 is 0 Å². The van der Waals surface area contributed by atoms with Gasteiger partial charge in [-0.1, -0.05) is 18.0 Å². The molecule has 0 aromatic heterocycles. The normalized spacial score (nSPS) is 23.1. The van der Waals surface area contributed by atoms with Crippen molar-refractivity contribution in [2.45, 2.75) is 25.3 Å². The average molecular weight is 333 g/mol. The van der Waals surface area contributed by atoms with E-state index in [9.17, 15) is 9.90 Å². The van der Waals surface area contributed by atoms with Gasteiger partial charge in [-0.05, 0) is 47.0 Å². The topological polar surface area (TPSA) is 49.3 Å². The van der Waals surface area contributed by atoms with Gasteiger partial charge in [-0.15, -0.1) is 0 Å². The Morgan fingerprint density at radius 3 is 2.94 bits per heavy atom. The first kappa shape index (κ1) is 13.8. The summed E-state index contributed by atoms with van der Waals surface area (Å²) < 4.78 is 0.686. The average Bonchev–Trinajstić information content (AvgIpc) is 2.76. The highest BCUT2D eigenvalue weighted by Gasteiger charge is 2.28. The fourth-order valence-corrected chi connectivity index (χ4v) is 3.23. The number of hydrogen-bond acceptors (Lipinski definition) is 2. The van der Waals surface area contributed by atoms with Crippen LogP contribution in [0.2, 0.25) is 5.02 Å². The molecule has 2 rings (SSSR count). The van der Waals surface area contributed by atoms with E-state index in [1.54, 1.807) is 18.2 Å². The molecule has 0 heterocycles. The van der Waals surface area contributed by atoms with Crippen LogP contribution in [0, 0.1) is 5.92 Å². The summed E-state index contributed by atoms with van der Waals surface area (Å²) in [6, 6.07) is 5.17. The Bertz CT molecular complexity index is 453. The number of benzene rings is 1. The quantitative estimate of drug-likeness (QED) is 0.894. The van der Waals surface area contributed by atoms with E-state index in [0.29, 0.717) is 15.1 Å². The minimum Gasteiger partial charge on any atom is -0.396 e. The smallest absolute Gasteiger partial charge is 0.252 e. The molecule has 0 saturated heterocycles. The summed E-state index contributed by atoms with van der Waals surface area (Å²) in [7, 11) is 0. The first-order valence-corrected chi connectivity index (χ1v) is 7.15. The number of nitrogens with one attached hydrogen (secondary N) is 1. The lowest BCUT2D eigenvalue weighted by Gasteiger charge is -2.19. The first-order valence-electron chi connectivity index (χ1n) is 5.98. The number of carbonyl (C=O) groups is 1. The Labute approximate surface area is 120 Å². The van der Waals surface area contributed by atoms with Gasteiger partial charge in [0.15, 0.2) is 0 Å². The maximum atomic E-state index is 12.1. The van der Waals surface area contributed by atoms with Gasteiger partial charge in [0.25, 0.3) is 5.91 Å². The van der Waals surface area contributed by atoms with Crippen LogP contribution in [0.4, 0.5) is 0 Å². The molecule has 0 radical (unpaired) electrons. The minimum absolute atomic E-state index is 0.0741. The maximum Gasteiger partial charge on any atom is 0.252 e. The molecular formula is C13H15BrClNO2.